The third-order valence-corrected chi connectivity index (χ3v) is 4.83. The molecule has 0 atom stereocenters. The Balaban J connectivity index is 2.23. The van der Waals surface area contributed by atoms with Gasteiger partial charge in [0.2, 0.25) is 0 Å². The first-order chi connectivity index (χ1) is 12.5. The number of para-hydroxylation sites is 1. The van der Waals surface area contributed by atoms with E-state index in [1.165, 1.54) is 11.8 Å². The van der Waals surface area contributed by atoms with Crippen LogP contribution in [0.4, 0.5) is 5.69 Å². The number of nitrogens with zero attached hydrogens (tertiary/aromatic N) is 1. The zero-order chi connectivity index (χ0) is 19.1. The minimum atomic E-state index is -0.440. The van der Waals surface area contributed by atoms with Crippen LogP contribution in [0, 0.1) is 25.2 Å². The summed E-state index contributed by atoms with van der Waals surface area (Å²) < 4.78 is 5.05. The number of carbonyl (C=O) groups excluding carboxylic acids is 2. The van der Waals surface area contributed by atoms with Crippen LogP contribution in [0.25, 0.3) is 0 Å². The minimum absolute atomic E-state index is 0.276. The van der Waals surface area contributed by atoms with Crippen LogP contribution < -0.4 is 5.32 Å². The molecule has 7 heteroatoms. The molecule has 2 N–H and O–H groups in total. The van der Waals surface area contributed by atoms with E-state index in [-0.39, 0.29) is 12.5 Å². The Morgan fingerprint density at radius 1 is 1.31 bits per heavy atom. The quantitative estimate of drug-likeness (QED) is 0.435. The number of aromatic amines is 1. The second-order valence-corrected chi connectivity index (χ2v) is 6.69. The van der Waals surface area contributed by atoms with Crippen LogP contribution in [-0.4, -0.2) is 29.2 Å². The van der Waals surface area contributed by atoms with Gasteiger partial charge in [0.05, 0.1) is 23.9 Å². The molecule has 1 amide bonds. The van der Waals surface area contributed by atoms with E-state index in [4.69, 9.17) is 10.00 Å². The number of nitriles is 1. The Morgan fingerprint density at radius 2 is 2.04 bits per heavy atom. The van der Waals surface area contributed by atoms with Crippen molar-refractivity contribution in [1.82, 2.24) is 4.98 Å². The molecule has 0 bridgehead atoms. The van der Waals surface area contributed by atoms with Crippen molar-refractivity contribution in [3.8, 4) is 6.07 Å². The fraction of sp³-hybridized carbons (Fsp3) is 0.316. The van der Waals surface area contributed by atoms with Gasteiger partial charge in [-0.1, -0.05) is 12.1 Å². The molecule has 1 aromatic heterocycles. The van der Waals surface area contributed by atoms with Gasteiger partial charge in [-0.3, -0.25) is 4.79 Å². The predicted octanol–water partition coefficient (Wildman–Crippen LogP) is 4.07. The molecule has 0 unspecified atom stereocenters. The molecule has 1 heterocycles. The molecule has 0 aliphatic carbocycles. The van der Waals surface area contributed by atoms with E-state index in [1.807, 2.05) is 24.3 Å². The highest BCUT2D eigenvalue weighted by molar-refractivity contribution is 7.99. The van der Waals surface area contributed by atoms with Crippen LogP contribution in [0.2, 0.25) is 0 Å². The standard InChI is InChI=1S/C19H21N3O3S/c1-4-25-19(24)16-12(2)17(21-13(16)3)18(23)22-14-8-5-6-9-15(14)26-11-7-10-20/h5-6,8-9,21H,4,7,11H2,1-3H3,(H,22,23). The summed E-state index contributed by atoms with van der Waals surface area (Å²) in [4.78, 5) is 28.7. The largest absolute Gasteiger partial charge is 0.462 e. The lowest BCUT2D eigenvalue weighted by Gasteiger charge is -2.10. The number of nitrogens with one attached hydrogen (secondary N) is 2. The molecule has 0 aliphatic rings. The van der Waals surface area contributed by atoms with Gasteiger partial charge in [-0.15, -0.1) is 11.8 Å². The summed E-state index contributed by atoms with van der Waals surface area (Å²) >= 11 is 1.51. The van der Waals surface area contributed by atoms with Crippen LogP contribution >= 0.6 is 11.8 Å². The van der Waals surface area contributed by atoms with Crippen LogP contribution in [-0.2, 0) is 4.74 Å². The molecular formula is C19H21N3O3S. The van der Waals surface area contributed by atoms with Crippen molar-refractivity contribution in [2.75, 3.05) is 17.7 Å². The number of rotatable bonds is 7. The average molecular weight is 371 g/mol. The summed E-state index contributed by atoms with van der Waals surface area (Å²) in [7, 11) is 0. The number of aromatic nitrogens is 1. The van der Waals surface area contributed by atoms with Gasteiger partial charge in [0, 0.05) is 22.8 Å². The van der Waals surface area contributed by atoms with Gasteiger partial charge in [0.15, 0.2) is 0 Å². The molecule has 0 spiro atoms. The summed E-state index contributed by atoms with van der Waals surface area (Å²) in [6, 6.07) is 9.53. The van der Waals surface area contributed by atoms with Crippen LogP contribution in [0.5, 0.6) is 0 Å². The van der Waals surface area contributed by atoms with Gasteiger partial charge in [-0.25, -0.2) is 4.79 Å². The maximum atomic E-state index is 12.7. The smallest absolute Gasteiger partial charge is 0.340 e. The topological polar surface area (TPSA) is 95.0 Å². The van der Waals surface area contributed by atoms with E-state index >= 15 is 0 Å². The molecule has 0 fully saturated rings. The van der Waals surface area contributed by atoms with Gasteiger partial charge in [0.25, 0.3) is 5.91 Å². The molecule has 0 radical (unpaired) electrons. The number of anilines is 1. The van der Waals surface area contributed by atoms with Crippen molar-refractivity contribution in [2.45, 2.75) is 32.1 Å². The Bertz CT molecular complexity index is 852. The lowest BCUT2D eigenvalue weighted by atomic mass is 10.1. The second kappa shape index (κ2) is 9.11. The summed E-state index contributed by atoms with van der Waals surface area (Å²) in [6.45, 7) is 5.47. The lowest BCUT2D eigenvalue weighted by Crippen LogP contribution is -2.15. The Kier molecular flexibility index (Phi) is 6.87. The third-order valence-electron chi connectivity index (χ3n) is 3.75. The minimum Gasteiger partial charge on any atom is -0.462 e. The highest BCUT2D eigenvalue weighted by Gasteiger charge is 2.23. The summed E-state index contributed by atoms with van der Waals surface area (Å²) in [5, 5.41) is 11.6. The van der Waals surface area contributed by atoms with E-state index in [0.717, 1.165) is 4.90 Å². The van der Waals surface area contributed by atoms with Gasteiger partial charge in [-0.2, -0.15) is 5.26 Å². The Morgan fingerprint density at radius 3 is 2.73 bits per heavy atom. The average Bonchev–Trinajstić information content (AvgIpc) is 2.91. The second-order valence-electron chi connectivity index (χ2n) is 5.55. The predicted molar refractivity (Wildman–Crippen MR) is 102 cm³/mol. The molecule has 0 saturated carbocycles. The van der Waals surface area contributed by atoms with Gasteiger partial charge in [-0.05, 0) is 38.5 Å². The number of hydrogen-bond donors (Lipinski definition) is 2. The fourth-order valence-corrected chi connectivity index (χ4v) is 3.44. The third kappa shape index (κ3) is 4.46. The van der Waals surface area contributed by atoms with Gasteiger partial charge in [0.1, 0.15) is 5.69 Å². The zero-order valence-electron chi connectivity index (χ0n) is 15.0. The van der Waals surface area contributed by atoms with Crippen molar-refractivity contribution < 1.29 is 14.3 Å². The first-order valence-corrected chi connectivity index (χ1v) is 9.24. The number of aryl methyl sites for hydroxylation is 1. The highest BCUT2D eigenvalue weighted by Crippen LogP contribution is 2.28. The fourth-order valence-electron chi connectivity index (χ4n) is 2.57. The van der Waals surface area contributed by atoms with Crippen molar-refractivity contribution >= 4 is 29.3 Å². The van der Waals surface area contributed by atoms with Crippen LogP contribution in [0.3, 0.4) is 0 Å². The van der Waals surface area contributed by atoms with Crippen molar-refractivity contribution in [3.05, 3.63) is 46.8 Å². The van der Waals surface area contributed by atoms with Gasteiger partial charge < -0.3 is 15.0 Å². The first-order valence-electron chi connectivity index (χ1n) is 8.26. The van der Waals surface area contributed by atoms with Gasteiger partial charge >= 0.3 is 5.97 Å². The summed E-state index contributed by atoms with van der Waals surface area (Å²) in [5.41, 5.74) is 2.57. The number of H-pyrrole nitrogens is 1. The number of benzene rings is 1. The highest BCUT2D eigenvalue weighted by atomic mass is 32.2. The van der Waals surface area contributed by atoms with E-state index < -0.39 is 5.97 Å². The number of hydrogen-bond acceptors (Lipinski definition) is 5. The van der Waals surface area contributed by atoms with E-state index in [1.54, 1.807) is 20.8 Å². The summed E-state index contributed by atoms with van der Waals surface area (Å²) in [5.74, 6) is -0.114. The molecule has 136 valence electrons. The Labute approximate surface area is 156 Å². The maximum Gasteiger partial charge on any atom is 0.340 e. The van der Waals surface area contributed by atoms with Crippen LogP contribution in [0.1, 0.15) is 45.4 Å². The molecule has 0 saturated heterocycles. The van der Waals surface area contributed by atoms with E-state index in [0.29, 0.717) is 40.4 Å². The van der Waals surface area contributed by atoms with E-state index in [9.17, 15) is 9.59 Å². The van der Waals surface area contributed by atoms with Crippen LogP contribution in [0.15, 0.2) is 29.2 Å². The number of carbonyl (C=O) groups is 2. The molecule has 26 heavy (non-hydrogen) atoms. The SMILES string of the molecule is CCOC(=O)c1c(C)[nH]c(C(=O)Nc2ccccc2SCCC#N)c1C. The number of esters is 1. The van der Waals surface area contributed by atoms with Crippen molar-refractivity contribution in [2.24, 2.45) is 0 Å². The number of ether oxygens (including phenoxy) is 1. The maximum absolute atomic E-state index is 12.7. The lowest BCUT2D eigenvalue weighted by molar-refractivity contribution is 0.0525. The normalized spacial score (nSPS) is 10.2. The zero-order valence-corrected chi connectivity index (χ0v) is 15.8. The summed E-state index contributed by atoms with van der Waals surface area (Å²) in [6.07, 6.45) is 0.435. The first kappa shape index (κ1) is 19.6. The molecule has 0 aliphatic heterocycles. The van der Waals surface area contributed by atoms with Crippen molar-refractivity contribution in [1.29, 1.82) is 5.26 Å². The monoisotopic (exact) mass is 371 g/mol. The molecule has 1 aromatic carbocycles. The van der Waals surface area contributed by atoms with Crippen molar-refractivity contribution in [3.63, 3.8) is 0 Å². The number of thioether (sulfide) groups is 1. The molecule has 2 aromatic rings. The van der Waals surface area contributed by atoms with E-state index in [2.05, 4.69) is 16.4 Å². The number of amides is 1. The molecule has 2 rings (SSSR count). The Hall–Kier alpha value is -2.72. The molecule has 6 nitrogen and oxygen atoms in total. The molecular weight excluding hydrogens is 350 g/mol.